The number of hydrogen-bond acceptors (Lipinski definition) is 6. The van der Waals surface area contributed by atoms with Crippen LogP contribution < -0.4 is 0 Å². The summed E-state index contributed by atoms with van der Waals surface area (Å²) in [7, 11) is 0. The van der Waals surface area contributed by atoms with E-state index in [1.165, 1.54) is 0 Å². The van der Waals surface area contributed by atoms with Gasteiger partial charge in [0.2, 0.25) is 11.8 Å². The SMILES string of the molecule is C=CCCCCOC(=O)[C@H]1[C@H]2C(=O)N(CCCCCO)C(C(=O)N(CC=C)C(C)CCC)C23CC[C@]1(CC)O3. The molecule has 0 aromatic rings. The molecule has 0 aromatic carbocycles. The second kappa shape index (κ2) is 13.9. The van der Waals surface area contributed by atoms with Crippen LogP contribution in [0, 0.1) is 11.8 Å². The van der Waals surface area contributed by atoms with E-state index in [2.05, 4.69) is 20.1 Å². The fourth-order valence-electron chi connectivity index (χ4n) is 7.18. The van der Waals surface area contributed by atoms with Crippen LogP contribution in [0.15, 0.2) is 25.3 Å². The van der Waals surface area contributed by atoms with Crippen LogP contribution in [0.2, 0.25) is 0 Å². The molecule has 3 unspecified atom stereocenters. The molecular weight excluding hydrogens is 496 g/mol. The van der Waals surface area contributed by atoms with Crippen LogP contribution in [-0.4, -0.2) is 82.3 Å². The second-order valence-corrected chi connectivity index (χ2v) is 11.5. The number of nitrogens with zero attached hydrogens (tertiary/aromatic N) is 2. The predicted octanol–water partition coefficient (Wildman–Crippen LogP) is 4.41. The zero-order valence-corrected chi connectivity index (χ0v) is 24.4. The average Bonchev–Trinajstić information content (AvgIpc) is 3.53. The van der Waals surface area contributed by atoms with E-state index < -0.39 is 29.1 Å². The summed E-state index contributed by atoms with van der Waals surface area (Å²) in [5.41, 5.74) is -1.84. The Hall–Kier alpha value is -2.19. The molecule has 2 amide bonds. The molecule has 0 aromatic heterocycles. The second-order valence-electron chi connectivity index (χ2n) is 11.5. The molecule has 3 saturated heterocycles. The van der Waals surface area contributed by atoms with Crippen molar-refractivity contribution in [1.29, 1.82) is 0 Å². The summed E-state index contributed by atoms with van der Waals surface area (Å²) in [5.74, 6) is -2.14. The molecule has 3 fully saturated rings. The van der Waals surface area contributed by atoms with Gasteiger partial charge in [-0.3, -0.25) is 14.4 Å². The largest absolute Gasteiger partial charge is 0.465 e. The van der Waals surface area contributed by atoms with E-state index in [-0.39, 0.29) is 30.4 Å². The van der Waals surface area contributed by atoms with Gasteiger partial charge in [-0.2, -0.15) is 0 Å². The van der Waals surface area contributed by atoms with Crippen LogP contribution in [0.5, 0.6) is 0 Å². The van der Waals surface area contributed by atoms with Gasteiger partial charge in [0.15, 0.2) is 0 Å². The number of rotatable bonds is 18. The molecule has 2 bridgehead atoms. The van der Waals surface area contributed by atoms with Gasteiger partial charge in [-0.05, 0) is 71.1 Å². The zero-order chi connectivity index (χ0) is 28.6. The monoisotopic (exact) mass is 546 g/mol. The van der Waals surface area contributed by atoms with E-state index in [1.807, 2.05) is 24.8 Å². The molecule has 6 atom stereocenters. The lowest BCUT2D eigenvalue weighted by molar-refractivity contribution is -0.162. The summed E-state index contributed by atoms with van der Waals surface area (Å²) in [6.45, 7) is 14.9. The first-order chi connectivity index (χ1) is 18.8. The molecule has 3 heterocycles. The average molecular weight is 547 g/mol. The summed E-state index contributed by atoms with van der Waals surface area (Å²) in [4.78, 5) is 45.7. The summed E-state index contributed by atoms with van der Waals surface area (Å²) < 4.78 is 12.6. The number of allylic oxidation sites excluding steroid dienone is 1. The Bertz CT molecular complexity index is 892. The summed E-state index contributed by atoms with van der Waals surface area (Å²) in [6, 6.07) is -0.806. The number of carbonyl (C=O) groups is 3. The van der Waals surface area contributed by atoms with E-state index in [4.69, 9.17) is 9.47 Å². The molecule has 8 heteroatoms. The first kappa shape index (κ1) is 31.3. The van der Waals surface area contributed by atoms with Crippen LogP contribution in [0.1, 0.15) is 91.4 Å². The third-order valence-electron chi connectivity index (χ3n) is 9.12. The number of carbonyl (C=O) groups excluding carboxylic acids is 3. The van der Waals surface area contributed by atoms with E-state index in [0.717, 1.165) is 38.5 Å². The third-order valence-corrected chi connectivity index (χ3v) is 9.12. The van der Waals surface area contributed by atoms with Gasteiger partial charge in [-0.1, -0.05) is 32.4 Å². The normalized spacial score (nSPS) is 29.8. The third kappa shape index (κ3) is 5.97. The van der Waals surface area contributed by atoms with Gasteiger partial charge in [0.05, 0.1) is 18.1 Å². The van der Waals surface area contributed by atoms with Crippen LogP contribution in [0.4, 0.5) is 0 Å². The molecule has 220 valence electrons. The summed E-state index contributed by atoms with van der Waals surface area (Å²) >= 11 is 0. The predicted molar refractivity (Wildman–Crippen MR) is 151 cm³/mol. The minimum absolute atomic E-state index is 0.0163. The summed E-state index contributed by atoms with van der Waals surface area (Å²) in [6.07, 6.45) is 11.7. The Balaban J connectivity index is 1.97. The van der Waals surface area contributed by atoms with Crippen molar-refractivity contribution in [2.45, 2.75) is 115 Å². The van der Waals surface area contributed by atoms with E-state index in [1.54, 1.807) is 11.0 Å². The smallest absolute Gasteiger partial charge is 0.312 e. The molecule has 1 N–H and O–H groups in total. The molecule has 0 saturated carbocycles. The fourth-order valence-corrected chi connectivity index (χ4v) is 7.18. The number of aliphatic hydroxyl groups excluding tert-OH is 1. The van der Waals surface area contributed by atoms with Crippen molar-refractivity contribution < 1.29 is 29.0 Å². The van der Waals surface area contributed by atoms with Gasteiger partial charge in [-0.15, -0.1) is 13.2 Å². The Labute approximate surface area is 234 Å². The maximum atomic E-state index is 14.4. The molecule has 39 heavy (non-hydrogen) atoms. The Morgan fingerprint density at radius 2 is 1.95 bits per heavy atom. The highest BCUT2D eigenvalue weighted by Gasteiger charge is 2.79. The van der Waals surface area contributed by atoms with Crippen molar-refractivity contribution in [1.82, 2.24) is 9.80 Å². The number of unbranched alkanes of at least 4 members (excludes halogenated alkanes) is 4. The Morgan fingerprint density at radius 1 is 1.18 bits per heavy atom. The summed E-state index contributed by atoms with van der Waals surface area (Å²) in [5, 5.41) is 9.25. The van der Waals surface area contributed by atoms with Crippen molar-refractivity contribution in [3.63, 3.8) is 0 Å². The molecule has 3 aliphatic heterocycles. The van der Waals surface area contributed by atoms with E-state index in [0.29, 0.717) is 51.8 Å². The molecule has 3 rings (SSSR count). The number of ether oxygens (including phenoxy) is 2. The first-order valence-electron chi connectivity index (χ1n) is 15.1. The lowest BCUT2D eigenvalue weighted by Crippen LogP contribution is -2.58. The van der Waals surface area contributed by atoms with Crippen LogP contribution in [0.25, 0.3) is 0 Å². The Morgan fingerprint density at radius 3 is 2.59 bits per heavy atom. The first-order valence-corrected chi connectivity index (χ1v) is 15.1. The number of aliphatic hydroxyl groups is 1. The van der Waals surface area contributed by atoms with Crippen molar-refractivity contribution >= 4 is 17.8 Å². The van der Waals surface area contributed by atoms with Gasteiger partial charge in [0, 0.05) is 25.7 Å². The van der Waals surface area contributed by atoms with Gasteiger partial charge in [0.25, 0.3) is 0 Å². The van der Waals surface area contributed by atoms with Gasteiger partial charge >= 0.3 is 5.97 Å². The number of amides is 2. The standard InChI is InChI=1S/C31H50N2O6/c1-6-10-11-15-22-38-29(37)25-24-27(35)33(20-13-12-14-21-34)26(31(24)18-17-30(25,9-4)39-31)28(36)32(19-8-3)23(5)16-7-2/h6,8,23-26,34H,1,3,7,9-22H2,2,4-5H3/t23?,24-,25+,26?,30-,31?/m0/s1. The van der Waals surface area contributed by atoms with Gasteiger partial charge < -0.3 is 24.4 Å². The lowest BCUT2D eigenvalue weighted by Gasteiger charge is -2.39. The topological polar surface area (TPSA) is 96.4 Å². The Kier molecular flexibility index (Phi) is 11.2. The highest BCUT2D eigenvalue weighted by atomic mass is 16.6. The minimum atomic E-state index is -1.04. The minimum Gasteiger partial charge on any atom is -0.465 e. The van der Waals surface area contributed by atoms with Crippen molar-refractivity contribution in [3.8, 4) is 0 Å². The molecule has 0 radical (unpaired) electrons. The number of likely N-dealkylation sites (tertiary alicyclic amines) is 1. The number of hydrogen-bond donors (Lipinski definition) is 1. The van der Waals surface area contributed by atoms with Crippen LogP contribution in [0.3, 0.4) is 0 Å². The molecule has 3 aliphatic rings. The molecule has 8 nitrogen and oxygen atoms in total. The quantitative estimate of drug-likeness (QED) is 0.155. The lowest BCUT2D eigenvalue weighted by atomic mass is 9.65. The molecular formula is C31H50N2O6. The van der Waals surface area contributed by atoms with Gasteiger partial charge in [-0.25, -0.2) is 0 Å². The maximum absolute atomic E-state index is 14.4. The highest BCUT2D eigenvalue weighted by molar-refractivity contribution is 5.98. The van der Waals surface area contributed by atoms with E-state index >= 15 is 0 Å². The van der Waals surface area contributed by atoms with Crippen molar-refractivity contribution in [2.24, 2.45) is 11.8 Å². The highest BCUT2D eigenvalue weighted by Crippen LogP contribution is 2.64. The zero-order valence-electron chi connectivity index (χ0n) is 24.4. The van der Waals surface area contributed by atoms with E-state index in [9.17, 15) is 19.5 Å². The fraction of sp³-hybridized carbons (Fsp3) is 0.774. The van der Waals surface area contributed by atoms with Crippen molar-refractivity contribution in [2.75, 3.05) is 26.3 Å². The maximum Gasteiger partial charge on any atom is 0.312 e. The number of esters is 1. The van der Waals surface area contributed by atoms with Crippen LogP contribution in [-0.2, 0) is 23.9 Å². The van der Waals surface area contributed by atoms with Crippen LogP contribution >= 0.6 is 0 Å². The molecule has 0 aliphatic carbocycles. The molecule has 1 spiro atoms. The van der Waals surface area contributed by atoms with Gasteiger partial charge in [0.1, 0.15) is 17.6 Å². The number of fused-ring (bicyclic) bond motifs is 1. The van der Waals surface area contributed by atoms with Crippen molar-refractivity contribution in [3.05, 3.63) is 25.3 Å².